The van der Waals surface area contributed by atoms with Crippen molar-refractivity contribution in [3.63, 3.8) is 0 Å². The summed E-state index contributed by atoms with van der Waals surface area (Å²) in [7, 11) is 1.56. The Bertz CT molecular complexity index is 596. The monoisotopic (exact) mass is 319 g/mol. The molecule has 3 N–H and O–H groups in total. The van der Waals surface area contributed by atoms with Gasteiger partial charge < -0.3 is 15.8 Å². The number of thiazole rings is 1. The Labute approximate surface area is 134 Å². The van der Waals surface area contributed by atoms with Crippen molar-refractivity contribution in [2.24, 2.45) is 5.73 Å². The van der Waals surface area contributed by atoms with Crippen molar-refractivity contribution in [1.82, 2.24) is 10.3 Å². The van der Waals surface area contributed by atoms with E-state index in [4.69, 9.17) is 10.5 Å². The number of rotatable bonds is 7. The highest BCUT2D eigenvalue weighted by Gasteiger charge is 2.17. The molecule has 2 rings (SSSR count). The lowest BCUT2D eigenvalue weighted by Gasteiger charge is -2.15. The van der Waals surface area contributed by atoms with Crippen LogP contribution in [0.4, 0.5) is 0 Å². The van der Waals surface area contributed by atoms with Crippen molar-refractivity contribution in [1.29, 1.82) is 0 Å². The number of carbonyl (C=O) groups is 1. The Hall–Kier alpha value is -1.76. The van der Waals surface area contributed by atoms with Gasteiger partial charge in [0.1, 0.15) is 5.01 Å². The van der Waals surface area contributed by atoms with Gasteiger partial charge in [-0.25, -0.2) is 4.98 Å². The van der Waals surface area contributed by atoms with Crippen LogP contribution in [-0.4, -0.2) is 30.6 Å². The number of nitrogens with zero attached hydrogens (tertiary/aromatic N) is 1. The van der Waals surface area contributed by atoms with Crippen LogP contribution in [-0.2, 0) is 9.53 Å². The highest BCUT2D eigenvalue weighted by Crippen LogP contribution is 2.25. The van der Waals surface area contributed by atoms with Gasteiger partial charge >= 0.3 is 0 Å². The molecule has 0 spiro atoms. The minimum atomic E-state index is -0.247. The maximum absolute atomic E-state index is 12.0. The van der Waals surface area contributed by atoms with Crippen LogP contribution < -0.4 is 11.1 Å². The number of nitrogens with one attached hydrogen (secondary N) is 1. The summed E-state index contributed by atoms with van der Waals surface area (Å²) in [6, 6.07) is 9.85. The first kappa shape index (κ1) is 16.6. The van der Waals surface area contributed by atoms with Gasteiger partial charge in [-0.3, -0.25) is 4.79 Å². The highest BCUT2D eigenvalue weighted by molar-refractivity contribution is 7.10. The molecule has 0 fully saturated rings. The van der Waals surface area contributed by atoms with Crippen molar-refractivity contribution in [3.05, 3.63) is 40.7 Å². The normalized spacial score (nSPS) is 13.6. The molecule has 6 heteroatoms. The fourth-order valence-corrected chi connectivity index (χ4v) is 2.90. The van der Waals surface area contributed by atoms with Crippen LogP contribution in [0.5, 0.6) is 0 Å². The van der Waals surface area contributed by atoms with E-state index in [-0.39, 0.29) is 24.5 Å². The van der Waals surface area contributed by atoms with E-state index in [0.29, 0.717) is 6.54 Å². The van der Waals surface area contributed by atoms with Gasteiger partial charge in [-0.05, 0) is 6.92 Å². The van der Waals surface area contributed by atoms with Crippen molar-refractivity contribution in [2.45, 2.75) is 25.5 Å². The number of carbonyl (C=O) groups excluding carboxylic acids is 1. The topological polar surface area (TPSA) is 77.2 Å². The first-order chi connectivity index (χ1) is 10.6. The molecule has 2 aromatic rings. The molecule has 22 heavy (non-hydrogen) atoms. The Morgan fingerprint density at radius 3 is 2.77 bits per heavy atom. The molecule has 0 aliphatic rings. The van der Waals surface area contributed by atoms with Crippen molar-refractivity contribution < 1.29 is 9.53 Å². The first-order valence-corrected chi connectivity index (χ1v) is 8.05. The number of amides is 1. The summed E-state index contributed by atoms with van der Waals surface area (Å²) in [6.45, 7) is 2.25. The third-order valence-electron chi connectivity index (χ3n) is 3.35. The van der Waals surface area contributed by atoms with Crippen LogP contribution >= 0.6 is 11.3 Å². The van der Waals surface area contributed by atoms with Crippen LogP contribution in [0.2, 0.25) is 0 Å². The number of benzene rings is 1. The van der Waals surface area contributed by atoms with Gasteiger partial charge in [0.15, 0.2) is 0 Å². The van der Waals surface area contributed by atoms with E-state index in [1.807, 2.05) is 42.6 Å². The van der Waals surface area contributed by atoms with Gasteiger partial charge in [0.2, 0.25) is 5.91 Å². The molecule has 0 saturated heterocycles. The molecule has 0 aliphatic heterocycles. The molecular formula is C16H21N3O2S. The molecule has 2 atom stereocenters. The van der Waals surface area contributed by atoms with Crippen molar-refractivity contribution >= 4 is 17.2 Å². The fraction of sp³-hybridized carbons (Fsp3) is 0.375. The number of ether oxygens (including phenoxy) is 1. The van der Waals surface area contributed by atoms with Crippen LogP contribution in [0.15, 0.2) is 35.7 Å². The van der Waals surface area contributed by atoms with Crippen LogP contribution in [0.25, 0.3) is 11.3 Å². The summed E-state index contributed by atoms with van der Waals surface area (Å²) in [5.41, 5.74) is 7.53. The van der Waals surface area contributed by atoms with E-state index >= 15 is 0 Å². The summed E-state index contributed by atoms with van der Waals surface area (Å²) in [6.07, 6.45) is 0.0113. The zero-order valence-electron chi connectivity index (χ0n) is 12.8. The molecule has 0 radical (unpaired) electrons. The molecular weight excluding hydrogens is 298 g/mol. The lowest BCUT2D eigenvalue weighted by Crippen LogP contribution is -2.33. The van der Waals surface area contributed by atoms with E-state index in [9.17, 15) is 4.79 Å². The zero-order valence-corrected chi connectivity index (χ0v) is 13.6. The number of methoxy groups -OCH3 is 1. The summed E-state index contributed by atoms with van der Waals surface area (Å²) in [5.74, 6) is -0.0822. The third kappa shape index (κ3) is 4.37. The SMILES string of the molecule is COC(CN)CC(=O)NC(C)c1nc(-c2ccccc2)cs1. The molecule has 2 unspecified atom stereocenters. The van der Waals surface area contributed by atoms with Crippen LogP contribution in [0.3, 0.4) is 0 Å². The van der Waals surface area contributed by atoms with E-state index < -0.39 is 0 Å². The summed E-state index contributed by atoms with van der Waals surface area (Å²) >= 11 is 1.54. The fourth-order valence-electron chi connectivity index (χ4n) is 2.06. The smallest absolute Gasteiger partial charge is 0.223 e. The number of hydrogen-bond acceptors (Lipinski definition) is 5. The third-order valence-corrected chi connectivity index (χ3v) is 4.38. The second-order valence-corrected chi connectivity index (χ2v) is 5.91. The largest absolute Gasteiger partial charge is 0.380 e. The maximum atomic E-state index is 12.0. The minimum absolute atomic E-state index is 0.0822. The highest BCUT2D eigenvalue weighted by atomic mass is 32.1. The Balaban J connectivity index is 1.97. The predicted octanol–water partition coefficient (Wildman–Crippen LogP) is 2.35. The van der Waals surface area contributed by atoms with E-state index in [1.165, 1.54) is 0 Å². The van der Waals surface area contributed by atoms with Crippen LogP contribution in [0, 0.1) is 0 Å². The number of nitrogens with two attached hydrogens (primary N) is 1. The van der Waals surface area contributed by atoms with E-state index in [0.717, 1.165) is 16.3 Å². The standard InChI is InChI=1S/C16H21N3O2S/c1-11(18-15(20)8-13(9-17)21-2)16-19-14(10-22-16)12-6-4-3-5-7-12/h3-7,10-11,13H,8-9,17H2,1-2H3,(H,18,20). The lowest BCUT2D eigenvalue weighted by molar-refractivity contribution is -0.124. The minimum Gasteiger partial charge on any atom is -0.380 e. The number of aromatic nitrogens is 1. The molecule has 0 aliphatic carbocycles. The molecule has 0 saturated carbocycles. The zero-order chi connectivity index (χ0) is 15.9. The lowest BCUT2D eigenvalue weighted by atomic mass is 10.2. The van der Waals surface area contributed by atoms with Gasteiger partial charge in [-0.1, -0.05) is 30.3 Å². The summed E-state index contributed by atoms with van der Waals surface area (Å²) in [5, 5.41) is 5.82. The molecule has 1 amide bonds. The molecule has 1 aromatic carbocycles. The van der Waals surface area contributed by atoms with Gasteiger partial charge in [-0.15, -0.1) is 11.3 Å². The number of hydrogen-bond donors (Lipinski definition) is 2. The molecule has 118 valence electrons. The quantitative estimate of drug-likeness (QED) is 0.821. The van der Waals surface area contributed by atoms with Crippen LogP contribution in [0.1, 0.15) is 24.4 Å². The average Bonchev–Trinajstić information content (AvgIpc) is 3.03. The second-order valence-electron chi connectivity index (χ2n) is 5.02. The predicted molar refractivity (Wildman–Crippen MR) is 88.6 cm³/mol. The Morgan fingerprint density at radius 2 is 2.14 bits per heavy atom. The molecule has 1 heterocycles. The van der Waals surface area contributed by atoms with E-state index in [1.54, 1.807) is 18.4 Å². The van der Waals surface area contributed by atoms with Gasteiger partial charge in [0.05, 0.1) is 24.3 Å². The average molecular weight is 319 g/mol. The molecule has 0 bridgehead atoms. The maximum Gasteiger partial charge on any atom is 0.223 e. The van der Waals surface area contributed by atoms with Gasteiger partial charge in [-0.2, -0.15) is 0 Å². The van der Waals surface area contributed by atoms with Crippen molar-refractivity contribution in [2.75, 3.05) is 13.7 Å². The van der Waals surface area contributed by atoms with E-state index in [2.05, 4.69) is 10.3 Å². The summed E-state index contributed by atoms with van der Waals surface area (Å²) < 4.78 is 5.12. The molecule has 1 aromatic heterocycles. The first-order valence-electron chi connectivity index (χ1n) is 7.17. The van der Waals surface area contributed by atoms with Crippen molar-refractivity contribution in [3.8, 4) is 11.3 Å². The second kappa shape index (κ2) is 8.03. The molecule has 5 nitrogen and oxygen atoms in total. The van der Waals surface area contributed by atoms with Gasteiger partial charge in [0.25, 0.3) is 0 Å². The summed E-state index contributed by atoms with van der Waals surface area (Å²) in [4.78, 5) is 16.6. The Kier molecular flexibility index (Phi) is 6.06. The van der Waals surface area contributed by atoms with Gasteiger partial charge in [0, 0.05) is 24.6 Å². The Morgan fingerprint density at radius 1 is 1.41 bits per heavy atom.